The molecule has 1 aliphatic heterocycles. The highest BCUT2D eigenvalue weighted by molar-refractivity contribution is 5.76. The number of benzene rings is 1. The summed E-state index contributed by atoms with van der Waals surface area (Å²) in [5.41, 5.74) is -0.646. The second kappa shape index (κ2) is 5.87. The van der Waals surface area contributed by atoms with Gasteiger partial charge in [-0.25, -0.2) is 0 Å². The molecule has 0 amide bonds. The van der Waals surface area contributed by atoms with Crippen molar-refractivity contribution in [2.24, 2.45) is 5.41 Å². The Kier molecular flexibility index (Phi) is 4.19. The topological polar surface area (TPSA) is 102 Å². The summed E-state index contributed by atoms with van der Waals surface area (Å²) in [5.74, 6) is -0.896. The van der Waals surface area contributed by atoms with Crippen molar-refractivity contribution in [2.75, 3.05) is 25.1 Å². The molecule has 7 nitrogen and oxygen atoms in total. The van der Waals surface area contributed by atoms with E-state index in [1.165, 1.54) is 6.07 Å². The van der Waals surface area contributed by atoms with Crippen LogP contribution in [-0.4, -0.2) is 35.8 Å². The van der Waals surface area contributed by atoms with E-state index in [0.717, 1.165) is 0 Å². The number of carboxylic acid groups (broad SMARTS) is 1. The van der Waals surface area contributed by atoms with Crippen molar-refractivity contribution in [1.29, 1.82) is 0 Å². The zero-order valence-electron chi connectivity index (χ0n) is 10.9. The number of nitro groups is 1. The molecule has 0 aliphatic carbocycles. The summed E-state index contributed by atoms with van der Waals surface area (Å²) in [5, 5.41) is 23.2. The molecule has 20 heavy (non-hydrogen) atoms. The fourth-order valence-corrected chi connectivity index (χ4v) is 2.28. The van der Waals surface area contributed by atoms with E-state index in [-0.39, 0.29) is 12.2 Å². The van der Waals surface area contributed by atoms with Crippen molar-refractivity contribution in [3.63, 3.8) is 0 Å². The number of anilines is 1. The standard InChI is InChI=1S/C13H16N2O5/c16-12(17)13(5-7-20-8-6-13)9-14-10-3-1-2-4-11(10)15(18)19/h1-4,14H,5-9H2,(H,16,17). The Morgan fingerprint density at radius 2 is 2.05 bits per heavy atom. The number of nitrogens with one attached hydrogen (secondary N) is 1. The van der Waals surface area contributed by atoms with E-state index >= 15 is 0 Å². The summed E-state index contributed by atoms with van der Waals surface area (Å²) in [6.45, 7) is 0.937. The van der Waals surface area contributed by atoms with Crippen LogP contribution in [-0.2, 0) is 9.53 Å². The zero-order valence-corrected chi connectivity index (χ0v) is 10.9. The van der Waals surface area contributed by atoms with Gasteiger partial charge in [0.1, 0.15) is 5.69 Å². The monoisotopic (exact) mass is 280 g/mol. The number of nitro benzene ring substituents is 1. The molecule has 2 rings (SSSR count). The lowest BCUT2D eigenvalue weighted by atomic mass is 9.80. The molecule has 0 atom stereocenters. The first-order chi connectivity index (χ1) is 9.55. The largest absolute Gasteiger partial charge is 0.481 e. The maximum Gasteiger partial charge on any atom is 0.311 e. The van der Waals surface area contributed by atoms with E-state index in [4.69, 9.17) is 4.74 Å². The summed E-state index contributed by atoms with van der Waals surface area (Å²) < 4.78 is 5.19. The normalized spacial score (nSPS) is 17.4. The van der Waals surface area contributed by atoms with Gasteiger partial charge in [0.05, 0.1) is 10.3 Å². The van der Waals surface area contributed by atoms with Crippen molar-refractivity contribution in [3.05, 3.63) is 34.4 Å². The highest BCUT2D eigenvalue weighted by atomic mass is 16.6. The van der Waals surface area contributed by atoms with Gasteiger partial charge in [-0.15, -0.1) is 0 Å². The second-order valence-electron chi connectivity index (χ2n) is 4.83. The fourth-order valence-electron chi connectivity index (χ4n) is 2.28. The third-order valence-electron chi connectivity index (χ3n) is 3.62. The number of aliphatic carboxylic acids is 1. The number of hydrogen-bond acceptors (Lipinski definition) is 5. The van der Waals surface area contributed by atoms with E-state index < -0.39 is 16.3 Å². The minimum Gasteiger partial charge on any atom is -0.481 e. The molecule has 108 valence electrons. The Hall–Kier alpha value is -2.15. The van der Waals surface area contributed by atoms with Crippen LogP contribution >= 0.6 is 0 Å². The minimum atomic E-state index is -0.929. The third kappa shape index (κ3) is 2.88. The van der Waals surface area contributed by atoms with Gasteiger partial charge >= 0.3 is 5.97 Å². The number of rotatable bonds is 5. The molecule has 1 aromatic rings. The lowest BCUT2D eigenvalue weighted by Gasteiger charge is -2.33. The van der Waals surface area contributed by atoms with Gasteiger partial charge in [0.2, 0.25) is 0 Å². The first-order valence-corrected chi connectivity index (χ1v) is 6.34. The molecule has 1 aromatic carbocycles. The predicted molar refractivity (Wildman–Crippen MR) is 71.7 cm³/mol. The highest BCUT2D eigenvalue weighted by Gasteiger charge is 2.40. The average Bonchev–Trinajstić information content (AvgIpc) is 2.46. The molecule has 7 heteroatoms. The molecule has 1 saturated heterocycles. The fraction of sp³-hybridized carbons (Fsp3) is 0.462. The van der Waals surface area contributed by atoms with Crippen molar-refractivity contribution in [1.82, 2.24) is 0 Å². The highest BCUT2D eigenvalue weighted by Crippen LogP contribution is 2.32. The Morgan fingerprint density at radius 3 is 2.65 bits per heavy atom. The van der Waals surface area contributed by atoms with Crippen LogP contribution in [0.3, 0.4) is 0 Å². The van der Waals surface area contributed by atoms with Gasteiger partial charge in [0, 0.05) is 25.8 Å². The van der Waals surface area contributed by atoms with E-state index in [0.29, 0.717) is 31.7 Å². The summed E-state index contributed by atoms with van der Waals surface area (Å²) in [6, 6.07) is 6.21. The van der Waals surface area contributed by atoms with Gasteiger partial charge < -0.3 is 15.2 Å². The zero-order chi connectivity index (χ0) is 14.6. The van der Waals surface area contributed by atoms with Gasteiger partial charge in [-0.2, -0.15) is 0 Å². The van der Waals surface area contributed by atoms with Crippen LogP contribution in [0.1, 0.15) is 12.8 Å². The molecule has 0 saturated carbocycles. The van der Waals surface area contributed by atoms with Crippen molar-refractivity contribution >= 4 is 17.3 Å². The maximum absolute atomic E-state index is 11.5. The van der Waals surface area contributed by atoms with Crippen molar-refractivity contribution in [2.45, 2.75) is 12.8 Å². The molecule has 0 aromatic heterocycles. The summed E-state index contributed by atoms with van der Waals surface area (Å²) in [7, 11) is 0. The minimum absolute atomic E-state index is 0.0555. The molecule has 0 radical (unpaired) electrons. The summed E-state index contributed by atoms with van der Waals surface area (Å²) in [4.78, 5) is 21.9. The van der Waals surface area contributed by atoms with E-state index in [9.17, 15) is 20.0 Å². The van der Waals surface area contributed by atoms with Gasteiger partial charge in [-0.05, 0) is 18.9 Å². The Morgan fingerprint density at radius 1 is 1.40 bits per heavy atom. The first-order valence-electron chi connectivity index (χ1n) is 6.34. The third-order valence-corrected chi connectivity index (χ3v) is 3.62. The van der Waals surface area contributed by atoms with Crippen LogP contribution in [0.25, 0.3) is 0 Å². The Labute approximate surface area is 115 Å². The molecular formula is C13H16N2O5. The number of nitrogens with zero attached hydrogens (tertiary/aromatic N) is 1. The molecular weight excluding hydrogens is 264 g/mol. The molecule has 0 spiro atoms. The van der Waals surface area contributed by atoms with Crippen LogP contribution in [0.5, 0.6) is 0 Å². The second-order valence-corrected chi connectivity index (χ2v) is 4.83. The van der Waals surface area contributed by atoms with Crippen LogP contribution in [0.15, 0.2) is 24.3 Å². The number of carbonyl (C=O) groups is 1. The quantitative estimate of drug-likeness (QED) is 0.630. The van der Waals surface area contributed by atoms with Crippen molar-refractivity contribution < 1.29 is 19.6 Å². The summed E-state index contributed by atoms with van der Waals surface area (Å²) in [6.07, 6.45) is 0.798. The average molecular weight is 280 g/mol. The molecule has 0 unspecified atom stereocenters. The van der Waals surface area contributed by atoms with Gasteiger partial charge in [-0.1, -0.05) is 12.1 Å². The smallest absolute Gasteiger partial charge is 0.311 e. The molecule has 1 heterocycles. The van der Waals surface area contributed by atoms with Gasteiger partial charge in [0.25, 0.3) is 5.69 Å². The lowest BCUT2D eigenvalue weighted by molar-refractivity contribution is -0.384. The Bertz CT molecular complexity index is 511. The molecule has 1 fully saturated rings. The maximum atomic E-state index is 11.5. The van der Waals surface area contributed by atoms with Gasteiger partial charge in [0.15, 0.2) is 0 Å². The predicted octanol–water partition coefficient (Wildman–Crippen LogP) is 1.89. The first kappa shape index (κ1) is 14.3. The van der Waals surface area contributed by atoms with Crippen LogP contribution in [0.2, 0.25) is 0 Å². The van der Waals surface area contributed by atoms with E-state index in [2.05, 4.69) is 5.32 Å². The van der Waals surface area contributed by atoms with Crippen molar-refractivity contribution in [3.8, 4) is 0 Å². The van der Waals surface area contributed by atoms with Crippen LogP contribution in [0.4, 0.5) is 11.4 Å². The Balaban J connectivity index is 2.14. The van der Waals surface area contributed by atoms with E-state index in [1.54, 1.807) is 18.2 Å². The number of para-hydroxylation sites is 2. The number of hydrogen-bond donors (Lipinski definition) is 2. The number of ether oxygens (including phenoxy) is 1. The molecule has 2 N–H and O–H groups in total. The number of carboxylic acids is 1. The lowest BCUT2D eigenvalue weighted by Crippen LogP contribution is -2.42. The molecule has 1 aliphatic rings. The summed E-state index contributed by atoms with van der Waals surface area (Å²) >= 11 is 0. The van der Waals surface area contributed by atoms with Crippen LogP contribution < -0.4 is 5.32 Å². The van der Waals surface area contributed by atoms with Gasteiger partial charge in [-0.3, -0.25) is 14.9 Å². The van der Waals surface area contributed by atoms with E-state index in [1.807, 2.05) is 0 Å². The molecule has 0 bridgehead atoms. The SMILES string of the molecule is O=C(O)C1(CNc2ccccc2[N+](=O)[O-])CCOCC1. The van der Waals surface area contributed by atoms with Crippen LogP contribution in [0, 0.1) is 15.5 Å².